The lowest BCUT2D eigenvalue weighted by atomic mass is 10.2. The van der Waals surface area contributed by atoms with Crippen molar-refractivity contribution >= 4 is 39.9 Å². The predicted molar refractivity (Wildman–Crippen MR) is 73.0 cm³/mol. The summed E-state index contributed by atoms with van der Waals surface area (Å²) in [7, 11) is 0. The second-order valence-corrected chi connectivity index (χ2v) is 4.63. The average Bonchev–Trinajstić information content (AvgIpc) is 2.30. The van der Waals surface area contributed by atoms with E-state index in [9.17, 15) is 0 Å². The molecule has 0 atom stereocenters. The van der Waals surface area contributed by atoms with Crippen LogP contribution >= 0.6 is 23.2 Å². The number of hydrogen-bond donors (Lipinski definition) is 1. The molecular formula is C12H13Cl2N3. The van der Waals surface area contributed by atoms with Gasteiger partial charge in [-0.1, -0.05) is 36.5 Å². The van der Waals surface area contributed by atoms with Crippen LogP contribution in [0.4, 0.5) is 5.82 Å². The van der Waals surface area contributed by atoms with Gasteiger partial charge in [0, 0.05) is 17.0 Å². The van der Waals surface area contributed by atoms with Crippen molar-refractivity contribution in [1.29, 1.82) is 0 Å². The molecule has 90 valence electrons. The van der Waals surface area contributed by atoms with Crippen LogP contribution in [-0.2, 0) is 0 Å². The summed E-state index contributed by atoms with van der Waals surface area (Å²) >= 11 is 12.1. The van der Waals surface area contributed by atoms with Gasteiger partial charge in [-0.3, -0.25) is 0 Å². The van der Waals surface area contributed by atoms with E-state index in [1.165, 1.54) is 6.33 Å². The number of rotatable bonds is 4. The summed E-state index contributed by atoms with van der Waals surface area (Å²) in [6.07, 6.45) is 3.74. The first-order chi connectivity index (χ1) is 8.22. The van der Waals surface area contributed by atoms with Gasteiger partial charge in [0.05, 0.1) is 10.5 Å². The Bertz CT molecular complexity index is 528. The molecule has 2 aromatic rings. The van der Waals surface area contributed by atoms with Gasteiger partial charge < -0.3 is 5.32 Å². The lowest BCUT2D eigenvalue weighted by Gasteiger charge is -2.08. The molecule has 0 saturated heterocycles. The Morgan fingerprint density at radius 1 is 1.24 bits per heavy atom. The summed E-state index contributed by atoms with van der Waals surface area (Å²) < 4.78 is 0. The molecule has 0 aliphatic carbocycles. The summed E-state index contributed by atoms with van der Waals surface area (Å²) in [5, 5.41) is 5.28. The van der Waals surface area contributed by atoms with Crippen molar-refractivity contribution in [2.45, 2.75) is 19.8 Å². The molecule has 3 nitrogen and oxygen atoms in total. The molecule has 1 aromatic heterocycles. The van der Waals surface area contributed by atoms with Crippen LogP contribution in [0.15, 0.2) is 18.5 Å². The topological polar surface area (TPSA) is 37.8 Å². The Morgan fingerprint density at radius 2 is 2.06 bits per heavy atom. The van der Waals surface area contributed by atoms with Gasteiger partial charge in [0.2, 0.25) is 0 Å². The number of anilines is 1. The molecule has 1 aromatic carbocycles. The Hall–Kier alpha value is -1.06. The highest BCUT2D eigenvalue weighted by atomic mass is 35.5. The molecular weight excluding hydrogens is 257 g/mol. The van der Waals surface area contributed by atoms with E-state index >= 15 is 0 Å². The maximum Gasteiger partial charge on any atom is 0.137 e. The molecule has 5 heteroatoms. The van der Waals surface area contributed by atoms with E-state index in [0.29, 0.717) is 10.0 Å². The van der Waals surface area contributed by atoms with Crippen molar-refractivity contribution in [2.75, 3.05) is 11.9 Å². The Balaban J connectivity index is 2.42. The fourth-order valence-corrected chi connectivity index (χ4v) is 2.16. The molecule has 0 bridgehead atoms. The lowest BCUT2D eigenvalue weighted by Crippen LogP contribution is -2.04. The maximum atomic E-state index is 6.09. The van der Waals surface area contributed by atoms with Crippen LogP contribution in [0.5, 0.6) is 0 Å². The summed E-state index contributed by atoms with van der Waals surface area (Å²) in [6.45, 7) is 3.03. The van der Waals surface area contributed by atoms with E-state index in [1.54, 1.807) is 6.07 Å². The summed E-state index contributed by atoms with van der Waals surface area (Å²) in [5.41, 5.74) is 0.727. The molecule has 2 rings (SSSR count). The van der Waals surface area contributed by atoms with Gasteiger partial charge in [0.25, 0.3) is 0 Å². The molecule has 0 aliphatic heterocycles. The molecule has 17 heavy (non-hydrogen) atoms. The molecule has 0 aliphatic rings. The second-order valence-electron chi connectivity index (χ2n) is 3.79. The number of hydrogen-bond acceptors (Lipinski definition) is 3. The largest absolute Gasteiger partial charge is 0.369 e. The average molecular weight is 270 g/mol. The van der Waals surface area contributed by atoms with Crippen LogP contribution in [0, 0.1) is 0 Å². The van der Waals surface area contributed by atoms with Crippen LogP contribution in [-0.4, -0.2) is 16.5 Å². The number of fused-ring (bicyclic) bond motifs is 1. The van der Waals surface area contributed by atoms with Crippen molar-refractivity contribution in [1.82, 2.24) is 9.97 Å². The van der Waals surface area contributed by atoms with E-state index in [4.69, 9.17) is 23.2 Å². The number of benzene rings is 1. The van der Waals surface area contributed by atoms with Gasteiger partial charge in [-0.15, -0.1) is 0 Å². The van der Waals surface area contributed by atoms with E-state index in [-0.39, 0.29) is 0 Å². The normalized spacial score (nSPS) is 10.8. The number of halogens is 2. The molecule has 0 saturated carbocycles. The number of unbranched alkanes of at least 4 members (excludes halogenated alkanes) is 1. The first-order valence-corrected chi connectivity index (χ1v) is 6.31. The van der Waals surface area contributed by atoms with E-state index in [1.807, 2.05) is 6.07 Å². The third-order valence-corrected chi connectivity index (χ3v) is 2.99. The first kappa shape index (κ1) is 12.4. The Kier molecular flexibility index (Phi) is 4.02. The lowest BCUT2D eigenvalue weighted by molar-refractivity contribution is 0.831. The zero-order valence-electron chi connectivity index (χ0n) is 9.50. The van der Waals surface area contributed by atoms with Crippen molar-refractivity contribution in [3.63, 3.8) is 0 Å². The van der Waals surface area contributed by atoms with Crippen molar-refractivity contribution in [2.24, 2.45) is 0 Å². The summed E-state index contributed by atoms with van der Waals surface area (Å²) in [6, 6.07) is 3.52. The van der Waals surface area contributed by atoms with Crippen LogP contribution in [0.25, 0.3) is 10.9 Å². The van der Waals surface area contributed by atoms with Gasteiger partial charge in [0.1, 0.15) is 12.1 Å². The molecule has 0 unspecified atom stereocenters. The van der Waals surface area contributed by atoms with Crippen LogP contribution in [0.2, 0.25) is 10.0 Å². The van der Waals surface area contributed by atoms with Gasteiger partial charge >= 0.3 is 0 Å². The SMILES string of the molecule is CCCCNc1ncnc2c(Cl)cc(Cl)cc12. The van der Waals surface area contributed by atoms with Gasteiger partial charge in [-0.25, -0.2) is 9.97 Å². The van der Waals surface area contributed by atoms with Gasteiger partial charge in [-0.05, 0) is 18.6 Å². The minimum absolute atomic E-state index is 0.549. The Labute approximate surface area is 110 Å². The molecule has 1 N–H and O–H groups in total. The summed E-state index contributed by atoms with van der Waals surface area (Å²) in [5.74, 6) is 0.785. The minimum Gasteiger partial charge on any atom is -0.369 e. The van der Waals surface area contributed by atoms with Crippen LogP contribution in [0.1, 0.15) is 19.8 Å². The highest BCUT2D eigenvalue weighted by molar-refractivity contribution is 6.38. The molecule has 0 radical (unpaired) electrons. The van der Waals surface area contributed by atoms with E-state index in [0.717, 1.165) is 36.1 Å². The fourth-order valence-electron chi connectivity index (χ4n) is 1.62. The maximum absolute atomic E-state index is 6.09. The number of nitrogens with one attached hydrogen (secondary N) is 1. The minimum atomic E-state index is 0.549. The van der Waals surface area contributed by atoms with E-state index < -0.39 is 0 Å². The summed E-state index contributed by atoms with van der Waals surface area (Å²) in [4.78, 5) is 8.39. The standard InChI is InChI=1S/C12H13Cl2N3/c1-2-3-4-15-12-9-5-8(13)6-10(14)11(9)16-7-17-12/h5-7H,2-4H2,1H3,(H,15,16,17). The van der Waals surface area contributed by atoms with Gasteiger partial charge in [0.15, 0.2) is 0 Å². The highest BCUT2D eigenvalue weighted by Gasteiger charge is 2.07. The van der Waals surface area contributed by atoms with Crippen LogP contribution < -0.4 is 5.32 Å². The monoisotopic (exact) mass is 269 g/mol. The van der Waals surface area contributed by atoms with Gasteiger partial charge in [-0.2, -0.15) is 0 Å². The predicted octanol–water partition coefficient (Wildman–Crippen LogP) is 4.15. The smallest absolute Gasteiger partial charge is 0.137 e. The number of nitrogens with zero attached hydrogens (tertiary/aromatic N) is 2. The molecule has 1 heterocycles. The van der Waals surface area contributed by atoms with Crippen molar-refractivity contribution in [3.05, 3.63) is 28.5 Å². The van der Waals surface area contributed by atoms with Crippen LogP contribution in [0.3, 0.4) is 0 Å². The fraction of sp³-hybridized carbons (Fsp3) is 0.333. The molecule has 0 fully saturated rings. The number of aromatic nitrogens is 2. The quantitative estimate of drug-likeness (QED) is 0.848. The second kappa shape index (κ2) is 5.52. The highest BCUT2D eigenvalue weighted by Crippen LogP contribution is 2.29. The third-order valence-electron chi connectivity index (χ3n) is 2.48. The zero-order chi connectivity index (χ0) is 12.3. The first-order valence-electron chi connectivity index (χ1n) is 5.56. The zero-order valence-corrected chi connectivity index (χ0v) is 11.0. The third kappa shape index (κ3) is 2.79. The molecule has 0 amide bonds. The van der Waals surface area contributed by atoms with E-state index in [2.05, 4.69) is 22.2 Å². The molecule has 0 spiro atoms. The van der Waals surface area contributed by atoms with Crippen molar-refractivity contribution in [3.8, 4) is 0 Å². The van der Waals surface area contributed by atoms with Crippen molar-refractivity contribution < 1.29 is 0 Å². The Morgan fingerprint density at radius 3 is 2.82 bits per heavy atom.